The lowest BCUT2D eigenvalue weighted by atomic mass is 10.2. The zero-order valence-corrected chi connectivity index (χ0v) is 19.7. The quantitative estimate of drug-likeness (QED) is 0.424. The minimum atomic E-state index is -0.485. The Morgan fingerprint density at radius 1 is 1.14 bits per heavy atom. The molecule has 12 nitrogen and oxygen atoms in total. The van der Waals surface area contributed by atoms with Crippen LogP contribution in [0.4, 0.5) is 17.7 Å². The molecule has 2 saturated heterocycles. The van der Waals surface area contributed by atoms with Crippen LogP contribution in [-0.2, 0) is 4.74 Å². The van der Waals surface area contributed by atoms with E-state index in [1.54, 1.807) is 18.3 Å². The zero-order chi connectivity index (χ0) is 24.6. The summed E-state index contributed by atoms with van der Waals surface area (Å²) in [6.07, 6.45) is 3.17. The first-order chi connectivity index (χ1) is 17.5. The van der Waals surface area contributed by atoms with Crippen molar-refractivity contribution in [2.75, 3.05) is 54.5 Å². The Bertz CT molecular complexity index is 1410. The van der Waals surface area contributed by atoms with E-state index in [-0.39, 0.29) is 5.82 Å². The van der Waals surface area contributed by atoms with Gasteiger partial charge in [-0.05, 0) is 25.5 Å². The molecule has 12 heteroatoms. The summed E-state index contributed by atoms with van der Waals surface area (Å²) in [6, 6.07) is 5.72. The number of nitrogens with zero attached hydrogens (tertiary/aromatic N) is 6. The highest BCUT2D eigenvalue weighted by Crippen LogP contribution is 2.30. The van der Waals surface area contributed by atoms with Crippen LogP contribution in [0.3, 0.4) is 0 Å². The number of aryl methyl sites for hydroxylation is 1. The van der Waals surface area contributed by atoms with Gasteiger partial charge in [0.05, 0.1) is 24.9 Å². The van der Waals surface area contributed by atoms with Crippen LogP contribution in [0, 0.1) is 6.92 Å². The van der Waals surface area contributed by atoms with Crippen LogP contribution >= 0.6 is 0 Å². The van der Waals surface area contributed by atoms with Crippen LogP contribution in [0.15, 0.2) is 39.5 Å². The lowest BCUT2D eigenvalue weighted by Crippen LogP contribution is -2.36. The standard InChI is InChI=1S/C24H25N7O5/c1-14-10-15(2-4-25-14)23-27-19(13-35-23)26-22(33)17-11-18-20(28-21(17)31-5-3-16(32)12-31)29-24(36-18)30-6-8-34-9-7-30/h2,4,10-11,13,16,32H,3,5-9,12H2,1H3,(H,26,33)/t16-/m1/s1. The SMILES string of the molecule is Cc1cc(-c2nc(NC(=O)c3cc4oc(N5CCOCC5)nc4nc3N3CC[C@@H](O)C3)co2)ccn1. The van der Waals surface area contributed by atoms with Crippen LogP contribution in [0.5, 0.6) is 0 Å². The molecule has 0 unspecified atom stereocenters. The maximum absolute atomic E-state index is 13.4. The molecule has 1 amide bonds. The van der Waals surface area contributed by atoms with E-state index in [0.29, 0.717) is 80.3 Å². The first-order valence-corrected chi connectivity index (χ1v) is 11.8. The molecule has 4 aromatic rings. The predicted octanol–water partition coefficient (Wildman–Crippen LogP) is 2.24. The average Bonchev–Trinajstić information content (AvgIpc) is 3.63. The number of carbonyl (C=O) groups excluding carboxylic acids is 1. The number of amides is 1. The number of rotatable bonds is 5. The molecule has 2 aliphatic heterocycles. The molecular weight excluding hydrogens is 466 g/mol. The van der Waals surface area contributed by atoms with Crippen LogP contribution in [0.25, 0.3) is 22.7 Å². The van der Waals surface area contributed by atoms with E-state index in [4.69, 9.17) is 13.6 Å². The Balaban J connectivity index is 1.32. The molecule has 186 valence electrons. The first-order valence-electron chi connectivity index (χ1n) is 11.8. The van der Waals surface area contributed by atoms with E-state index >= 15 is 0 Å². The molecule has 2 N–H and O–H groups in total. The Kier molecular flexibility index (Phi) is 5.74. The summed E-state index contributed by atoms with van der Waals surface area (Å²) in [7, 11) is 0. The van der Waals surface area contributed by atoms with Gasteiger partial charge in [-0.2, -0.15) is 9.97 Å². The minimum Gasteiger partial charge on any atom is -0.442 e. The number of β-amino-alcohol motifs (C(OH)–C–C–N with tert-alkyl or cyclic N) is 1. The minimum absolute atomic E-state index is 0.267. The van der Waals surface area contributed by atoms with Crippen LogP contribution in [0.2, 0.25) is 0 Å². The van der Waals surface area contributed by atoms with E-state index in [1.165, 1.54) is 6.26 Å². The van der Waals surface area contributed by atoms with Crippen molar-refractivity contribution in [1.29, 1.82) is 0 Å². The number of nitrogens with one attached hydrogen (secondary N) is 1. The fraction of sp³-hybridized carbons (Fsp3) is 0.375. The Morgan fingerprint density at radius 3 is 2.78 bits per heavy atom. The van der Waals surface area contributed by atoms with Gasteiger partial charge in [-0.25, -0.2) is 4.98 Å². The molecule has 2 aliphatic rings. The molecule has 36 heavy (non-hydrogen) atoms. The van der Waals surface area contributed by atoms with Crippen molar-refractivity contribution in [2.24, 2.45) is 0 Å². The maximum Gasteiger partial charge on any atom is 0.300 e. The van der Waals surface area contributed by atoms with Crippen molar-refractivity contribution in [3.8, 4) is 11.5 Å². The molecule has 4 aromatic heterocycles. The third kappa shape index (κ3) is 4.36. The highest BCUT2D eigenvalue weighted by atomic mass is 16.5. The number of pyridine rings is 2. The lowest BCUT2D eigenvalue weighted by molar-refractivity contribution is 0.102. The highest BCUT2D eigenvalue weighted by molar-refractivity contribution is 6.08. The number of ether oxygens (including phenoxy) is 1. The van der Waals surface area contributed by atoms with E-state index in [2.05, 4.69) is 25.3 Å². The third-order valence-corrected chi connectivity index (χ3v) is 6.23. The van der Waals surface area contributed by atoms with Gasteiger partial charge >= 0.3 is 0 Å². The second kappa shape index (κ2) is 9.21. The van der Waals surface area contributed by atoms with Crippen molar-refractivity contribution >= 4 is 34.8 Å². The number of fused-ring (bicyclic) bond motifs is 1. The van der Waals surface area contributed by atoms with Crippen LogP contribution < -0.4 is 15.1 Å². The number of morpholine rings is 1. The van der Waals surface area contributed by atoms with Crippen molar-refractivity contribution < 1.29 is 23.5 Å². The second-order valence-electron chi connectivity index (χ2n) is 8.84. The zero-order valence-electron chi connectivity index (χ0n) is 19.7. The third-order valence-electron chi connectivity index (χ3n) is 6.23. The Labute approximate surface area is 205 Å². The lowest BCUT2D eigenvalue weighted by Gasteiger charge is -2.24. The molecule has 0 aliphatic carbocycles. The number of aromatic nitrogens is 4. The molecule has 0 aromatic carbocycles. The van der Waals surface area contributed by atoms with Gasteiger partial charge in [-0.15, -0.1) is 0 Å². The molecule has 0 saturated carbocycles. The highest BCUT2D eigenvalue weighted by Gasteiger charge is 2.28. The summed E-state index contributed by atoms with van der Waals surface area (Å²) in [4.78, 5) is 35.1. The number of aliphatic hydroxyl groups is 1. The summed E-state index contributed by atoms with van der Waals surface area (Å²) < 4.78 is 16.9. The summed E-state index contributed by atoms with van der Waals surface area (Å²) in [5.74, 6) is 0.656. The van der Waals surface area contributed by atoms with Crippen molar-refractivity contribution in [3.63, 3.8) is 0 Å². The van der Waals surface area contributed by atoms with Gasteiger partial charge in [-0.3, -0.25) is 9.78 Å². The van der Waals surface area contributed by atoms with E-state index in [9.17, 15) is 9.90 Å². The maximum atomic E-state index is 13.4. The van der Waals surface area contributed by atoms with E-state index in [1.807, 2.05) is 22.8 Å². The number of carbonyl (C=O) groups is 1. The number of aliphatic hydroxyl groups excluding tert-OH is 1. The molecule has 6 heterocycles. The van der Waals surface area contributed by atoms with Gasteiger partial charge in [0.25, 0.3) is 11.9 Å². The predicted molar refractivity (Wildman–Crippen MR) is 130 cm³/mol. The summed E-state index contributed by atoms with van der Waals surface area (Å²) in [5.41, 5.74) is 2.69. The topological polar surface area (TPSA) is 143 Å². The van der Waals surface area contributed by atoms with E-state index < -0.39 is 12.0 Å². The van der Waals surface area contributed by atoms with Gasteiger partial charge in [0.1, 0.15) is 12.1 Å². The van der Waals surface area contributed by atoms with Crippen molar-refractivity contribution in [2.45, 2.75) is 19.4 Å². The average molecular weight is 492 g/mol. The van der Waals surface area contributed by atoms with Crippen LogP contribution in [-0.4, -0.2) is 76.4 Å². The molecular formula is C24H25N7O5. The number of hydrogen-bond acceptors (Lipinski definition) is 11. The van der Waals surface area contributed by atoms with Gasteiger partial charge in [0.2, 0.25) is 11.5 Å². The smallest absolute Gasteiger partial charge is 0.300 e. The summed E-state index contributed by atoms with van der Waals surface area (Å²) in [5, 5.41) is 12.9. The molecule has 6 rings (SSSR count). The molecule has 0 radical (unpaired) electrons. The number of hydrogen-bond donors (Lipinski definition) is 2. The summed E-state index contributed by atoms with van der Waals surface area (Å²) >= 11 is 0. The van der Waals surface area contributed by atoms with E-state index in [0.717, 1.165) is 11.3 Å². The Hall–Kier alpha value is -4.03. The van der Waals surface area contributed by atoms with Gasteiger partial charge in [0.15, 0.2) is 11.4 Å². The number of oxazole rings is 2. The molecule has 0 spiro atoms. The summed E-state index contributed by atoms with van der Waals surface area (Å²) in [6.45, 7) is 5.34. The largest absolute Gasteiger partial charge is 0.442 e. The molecule has 1 atom stereocenters. The van der Waals surface area contributed by atoms with Gasteiger partial charge in [-0.1, -0.05) is 0 Å². The van der Waals surface area contributed by atoms with Crippen LogP contribution in [0.1, 0.15) is 22.5 Å². The fourth-order valence-corrected chi connectivity index (χ4v) is 4.40. The molecule has 2 fully saturated rings. The fourth-order valence-electron chi connectivity index (χ4n) is 4.40. The van der Waals surface area contributed by atoms with Crippen molar-refractivity contribution in [3.05, 3.63) is 41.9 Å². The van der Waals surface area contributed by atoms with Gasteiger partial charge < -0.3 is 33.8 Å². The van der Waals surface area contributed by atoms with Gasteiger partial charge in [0, 0.05) is 49.7 Å². The first kappa shape index (κ1) is 22.4. The molecule has 0 bridgehead atoms. The Morgan fingerprint density at radius 2 is 2.00 bits per heavy atom. The normalized spacial score (nSPS) is 18.2. The van der Waals surface area contributed by atoms with Crippen molar-refractivity contribution in [1.82, 2.24) is 19.9 Å². The number of anilines is 3. The second-order valence-corrected chi connectivity index (χ2v) is 8.84. The monoisotopic (exact) mass is 491 g/mol.